The number of unbranched alkanes of at least 4 members (excludes halogenated alkanes) is 3. The molecule has 1 aliphatic heterocycles. The van der Waals surface area contributed by atoms with E-state index in [2.05, 4.69) is 6.92 Å². The van der Waals surface area contributed by atoms with Crippen LogP contribution in [0, 0.1) is 17.3 Å². The van der Waals surface area contributed by atoms with Crippen molar-refractivity contribution in [2.24, 2.45) is 17.3 Å². The largest absolute Gasteiger partial charge is 0.498 e. The second-order valence-electron chi connectivity index (χ2n) is 8.76. The number of rotatable bonds is 7. The predicted octanol–water partition coefficient (Wildman–Crippen LogP) is 5.99. The van der Waals surface area contributed by atoms with Crippen LogP contribution in [0.4, 0.5) is 0 Å². The Bertz CT molecular complexity index is 428. The van der Waals surface area contributed by atoms with Crippen molar-refractivity contribution in [1.29, 1.82) is 0 Å². The van der Waals surface area contributed by atoms with E-state index in [-0.39, 0.29) is 5.41 Å². The van der Waals surface area contributed by atoms with Crippen LogP contribution in [0.25, 0.3) is 0 Å². The van der Waals surface area contributed by atoms with E-state index in [9.17, 15) is 5.11 Å². The lowest BCUT2D eigenvalue weighted by molar-refractivity contribution is 0.174. The molecule has 24 heavy (non-hydrogen) atoms. The highest BCUT2D eigenvalue weighted by Gasteiger charge is 2.45. The SMILES string of the molecule is CCCCCCC1CO/C(=C2/CC3CCCCCC2(CCO)C3)C1. The van der Waals surface area contributed by atoms with Gasteiger partial charge in [0.2, 0.25) is 0 Å². The summed E-state index contributed by atoms with van der Waals surface area (Å²) in [7, 11) is 0. The zero-order valence-electron chi connectivity index (χ0n) is 15.8. The van der Waals surface area contributed by atoms with E-state index in [1.165, 1.54) is 89.2 Å². The molecule has 3 aliphatic rings. The third kappa shape index (κ3) is 4.18. The number of hydrogen-bond donors (Lipinski definition) is 1. The number of fused-ring (bicyclic) bond motifs is 2. The zero-order chi connectivity index (χ0) is 16.8. The first-order chi connectivity index (χ1) is 11.8. The fourth-order valence-corrected chi connectivity index (χ4v) is 5.64. The maximum absolute atomic E-state index is 9.71. The number of ether oxygens (including phenoxy) is 1. The van der Waals surface area contributed by atoms with Crippen molar-refractivity contribution >= 4 is 0 Å². The van der Waals surface area contributed by atoms with Gasteiger partial charge in [-0.25, -0.2) is 0 Å². The first-order valence-electron chi connectivity index (χ1n) is 10.7. The molecule has 0 radical (unpaired) electrons. The van der Waals surface area contributed by atoms with Crippen LogP contribution in [-0.4, -0.2) is 18.3 Å². The molecule has 2 saturated carbocycles. The Kier molecular flexibility index (Phi) is 6.66. The van der Waals surface area contributed by atoms with Gasteiger partial charge in [0.25, 0.3) is 0 Å². The molecular weight excluding hydrogens is 296 g/mol. The average molecular weight is 335 g/mol. The minimum absolute atomic E-state index is 0.284. The van der Waals surface area contributed by atoms with Gasteiger partial charge in [-0.05, 0) is 54.9 Å². The molecule has 0 aromatic carbocycles. The van der Waals surface area contributed by atoms with Crippen LogP contribution in [0.3, 0.4) is 0 Å². The molecule has 2 heteroatoms. The Labute approximate surface area is 149 Å². The summed E-state index contributed by atoms with van der Waals surface area (Å²) in [6.07, 6.45) is 18.3. The molecule has 2 bridgehead atoms. The van der Waals surface area contributed by atoms with Gasteiger partial charge in [-0.1, -0.05) is 58.3 Å². The van der Waals surface area contributed by atoms with Crippen LogP contribution < -0.4 is 0 Å². The normalized spacial score (nSPS) is 36.4. The molecule has 2 aliphatic carbocycles. The summed E-state index contributed by atoms with van der Waals surface area (Å²) in [5, 5.41) is 9.71. The predicted molar refractivity (Wildman–Crippen MR) is 99.8 cm³/mol. The monoisotopic (exact) mass is 334 g/mol. The quantitative estimate of drug-likeness (QED) is 0.579. The summed E-state index contributed by atoms with van der Waals surface area (Å²) in [6.45, 7) is 3.57. The molecule has 2 nitrogen and oxygen atoms in total. The van der Waals surface area contributed by atoms with E-state index >= 15 is 0 Å². The fraction of sp³-hybridized carbons (Fsp3) is 0.909. The van der Waals surface area contributed by atoms with E-state index < -0.39 is 0 Å². The van der Waals surface area contributed by atoms with E-state index in [1.807, 2.05) is 0 Å². The van der Waals surface area contributed by atoms with Gasteiger partial charge in [0.1, 0.15) is 0 Å². The molecule has 0 aromatic rings. The Hall–Kier alpha value is -0.500. The van der Waals surface area contributed by atoms with E-state index in [4.69, 9.17) is 4.74 Å². The van der Waals surface area contributed by atoms with E-state index in [0.717, 1.165) is 24.9 Å². The Morgan fingerprint density at radius 1 is 1.12 bits per heavy atom. The number of allylic oxidation sites excluding steroid dienone is 2. The summed E-state index contributed by atoms with van der Waals surface area (Å²) >= 11 is 0. The third-order valence-electron chi connectivity index (χ3n) is 6.94. The van der Waals surface area contributed by atoms with Gasteiger partial charge < -0.3 is 9.84 Å². The second kappa shape index (κ2) is 8.74. The van der Waals surface area contributed by atoms with Crippen LogP contribution in [0.15, 0.2) is 11.3 Å². The standard InChI is InChI=1S/C22H38O2/c1-2-3-4-6-10-19-15-21(24-17-19)20-14-18-9-7-5-8-11-22(20,16-18)12-13-23/h18-19,23H,2-17H2,1H3/b21-20-. The number of aliphatic hydroxyl groups excluding tert-OH is 1. The Morgan fingerprint density at radius 2 is 2.04 bits per heavy atom. The molecule has 1 N–H and O–H groups in total. The van der Waals surface area contributed by atoms with Gasteiger partial charge in [-0.3, -0.25) is 0 Å². The molecule has 3 unspecified atom stereocenters. The van der Waals surface area contributed by atoms with Crippen LogP contribution in [0.5, 0.6) is 0 Å². The first-order valence-corrected chi connectivity index (χ1v) is 10.7. The molecule has 3 fully saturated rings. The molecule has 0 spiro atoms. The molecule has 1 heterocycles. The maximum Gasteiger partial charge on any atom is 0.0961 e. The van der Waals surface area contributed by atoms with Crippen molar-refractivity contribution in [2.45, 2.75) is 96.8 Å². The zero-order valence-corrected chi connectivity index (χ0v) is 15.8. The average Bonchev–Trinajstić information content (AvgIpc) is 3.16. The summed E-state index contributed by atoms with van der Waals surface area (Å²) in [6, 6.07) is 0. The minimum atomic E-state index is 0.284. The Morgan fingerprint density at radius 3 is 2.88 bits per heavy atom. The molecule has 0 amide bonds. The summed E-state index contributed by atoms with van der Waals surface area (Å²) < 4.78 is 6.27. The minimum Gasteiger partial charge on any atom is -0.498 e. The van der Waals surface area contributed by atoms with Crippen molar-refractivity contribution in [3.8, 4) is 0 Å². The summed E-state index contributed by atoms with van der Waals surface area (Å²) in [5.74, 6) is 2.96. The van der Waals surface area contributed by atoms with Crippen molar-refractivity contribution in [1.82, 2.24) is 0 Å². The summed E-state index contributed by atoms with van der Waals surface area (Å²) in [5.41, 5.74) is 1.92. The molecule has 3 atom stereocenters. The molecular formula is C22H38O2. The van der Waals surface area contributed by atoms with E-state index in [0.29, 0.717) is 6.61 Å². The van der Waals surface area contributed by atoms with Gasteiger partial charge in [-0.2, -0.15) is 0 Å². The van der Waals surface area contributed by atoms with Gasteiger partial charge in [0, 0.05) is 13.0 Å². The summed E-state index contributed by atoms with van der Waals surface area (Å²) in [4.78, 5) is 0. The smallest absolute Gasteiger partial charge is 0.0961 e. The lowest BCUT2D eigenvalue weighted by atomic mass is 9.73. The Balaban J connectivity index is 1.67. The van der Waals surface area contributed by atoms with Crippen LogP contribution in [0.2, 0.25) is 0 Å². The first kappa shape index (κ1) is 18.3. The third-order valence-corrected chi connectivity index (χ3v) is 6.94. The second-order valence-corrected chi connectivity index (χ2v) is 8.76. The molecule has 138 valence electrons. The molecule has 0 aromatic heterocycles. The molecule has 1 saturated heterocycles. The van der Waals surface area contributed by atoms with Gasteiger partial charge in [-0.15, -0.1) is 0 Å². The van der Waals surface area contributed by atoms with Gasteiger partial charge in [0.05, 0.1) is 12.4 Å². The van der Waals surface area contributed by atoms with Crippen LogP contribution >= 0.6 is 0 Å². The lowest BCUT2D eigenvalue weighted by Crippen LogP contribution is -2.23. The van der Waals surface area contributed by atoms with Gasteiger partial charge >= 0.3 is 0 Å². The van der Waals surface area contributed by atoms with Crippen LogP contribution in [-0.2, 0) is 4.74 Å². The van der Waals surface area contributed by atoms with E-state index in [1.54, 1.807) is 5.57 Å². The number of hydrogen-bond acceptors (Lipinski definition) is 2. The topological polar surface area (TPSA) is 29.5 Å². The van der Waals surface area contributed by atoms with Crippen LogP contribution in [0.1, 0.15) is 96.8 Å². The van der Waals surface area contributed by atoms with Gasteiger partial charge in [0.15, 0.2) is 0 Å². The van der Waals surface area contributed by atoms with Crippen molar-refractivity contribution < 1.29 is 9.84 Å². The highest BCUT2D eigenvalue weighted by molar-refractivity contribution is 5.26. The lowest BCUT2D eigenvalue weighted by Gasteiger charge is -2.33. The molecule has 3 rings (SSSR count). The highest BCUT2D eigenvalue weighted by atomic mass is 16.5. The highest BCUT2D eigenvalue weighted by Crippen LogP contribution is 2.56. The number of aliphatic hydroxyl groups is 1. The van der Waals surface area contributed by atoms with Crippen molar-refractivity contribution in [3.63, 3.8) is 0 Å². The van der Waals surface area contributed by atoms with Crippen molar-refractivity contribution in [2.75, 3.05) is 13.2 Å². The van der Waals surface area contributed by atoms with Crippen molar-refractivity contribution in [3.05, 3.63) is 11.3 Å². The fourth-order valence-electron chi connectivity index (χ4n) is 5.64. The maximum atomic E-state index is 9.71.